The number of piperazine rings is 1. The topological polar surface area (TPSA) is 106 Å². The highest BCUT2D eigenvalue weighted by Crippen LogP contribution is 2.18. The zero-order chi connectivity index (χ0) is 21.6. The van der Waals surface area contributed by atoms with E-state index in [9.17, 15) is 14.4 Å². The molecule has 0 radical (unpaired) electrons. The van der Waals surface area contributed by atoms with Crippen LogP contribution < -0.4 is 0 Å². The lowest BCUT2D eigenvalue weighted by molar-refractivity contribution is -0.520. The average molecular weight is 416 g/mol. The Morgan fingerprint density at radius 1 is 1.17 bits per heavy atom. The van der Waals surface area contributed by atoms with E-state index in [1.807, 2.05) is 18.7 Å². The molecule has 2 fully saturated rings. The summed E-state index contributed by atoms with van der Waals surface area (Å²) in [6, 6.07) is -1.16. The van der Waals surface area contributed by atoms with Crippen molar-refractivity contribution in [3.63, 3.8) is 0 Å². The zero-order valence-electron chi connectivity index (χ0n) is 17.7. The number of hydrogen-bond donors (Lipinski definition) is 0. The van der Waals surface area contributed by atoms with Gasteiger partial charge in [0.1, 0.15) is 5.76 Å². The van der Waals surface area contributed by atoms with E-state index in [-0.39, 0.29) is 18.4 Å². The van der Waals surface area contributed by atoms with Gasteiger partial charge in [0.05, 0.1) is 5.69 Å². The lowest BCUT2D eigenvalue weighted by Crippen LogP contribution is -2.62. The van der Waals surface area contributed by atoms with Gasteiger partial charge in [-0.15, -0.1) is 0 Å². The number of amidine groups is 1. The van der Waals surface area contributed by atoms with E-state index < -0.39 is 12.1 Å². The van der Waals surface area contributed by atoms with Crippen molar-refractivity contribution in [2.45, 2.75) is 26.4 Å². The molecular weight excluding hydrogens is 390 g/mol. The molecule has 1 unspecified atom stereocenters. The molecule has 2 saturated heterocycles. The number of amides is 4. The summed E-state index contributed by atoms with van der Waals surface area (Å²) in [7, 11) is 3.02. The van der Waals surface area contributed by atoms with Crippen molar-refractivity contribution in [3.8, 4) is 0 Å². The lowest BCUT2D eigenvalue weighted by Gasteiger charge is -2.35. The first-order valence-corrected chi connectivity index (χ1v) is 9.92. The summed E-state index contributed by atoms with van der Waals surface area (Å²) >= 11 is 0. The highest BCUT2D eigenvalue weighted by Gasteiger charge is 2.51. The van der Waals surface area contributed by atoms with Crippen LogP contribution in [0.4, 0.5) is 4.79 Å². The number of fused-ring (bicyclic) bond motifs is 1. The Hall–Kier alpha value is -3.08. The summed E-state index contributed by atoms with van der Waals surface area (Å²) in [5.74, 6) is 0.759. The van der Waals surface area contributed by atoms with Gasteiger partial charge in [-0.25, -0.2) is 9.37 Å². The van der Waals surface area contributed by atoms with E-state index >= 15 is 0 Å². The van der Waals surface area contributed by atoms with Gasteiger partial charge in [0.15, 0.2) is 6.54 Å². The number of carbonyl (C=O) groups is 3. The lowest BCUT2D eigenvalue weighted by atomic mass is 10.1. The number of imide groups is 1. The summed E-state index contributed by atoms with van der Waals surface area (Å²) in [5, 5.41) is 4.00. The third-order valence-electron chi connectivity index (χ3n) is 6.00. The number of aryl methyl sites for hydroxylation is 2. The number of nitrogens with zero attached hydrogens (tertiary/aromatic N) is 7. The van der Waals surface area contributed by atoms with Gasteiger partial charge in [0.25, 0.3) is 30.0 Å². The van der Waals surface area contributed by atoms with Crippen molar-refractivity contribution in [1.29, 1.82) is 0 Å². The van der Waals surface area contributed by atoms with Crippen LogP contribution in [0.5, 0.6) is 0 Å². The van der Waals surface area contributed by atoms with Gasteiger partial charge in [0, 0.05) is 52.4 Å². The molecule has 160 valence electrons. The molecule has 0 aromatic carbocycles. The molecule has 11 heteroatoms. The average Bonchev–Trinajstić information content (AvgIpc) is 3.29. The van der Waals surface area contributed by atoms with Crippen LogP contribution in [0, 0.1) is 13.8 Å². The molecule has 30 heavy (non-hydrogen) atoms. The van der Waals surface area contributed by atoms with Crippen LogP contribution in [0.2, 0.25) is 0 Å². The number of aromatic nitrogens is 1. The van der Waals surface area contributed by atoms with Crippen molar-refractivity contribution >= 4 is 30.0 Å². The molecule has 0 spiro atoms. The number of hydrogen-bond acceptors (Lipinski definition) is 7. The van der Waals surface area contributed by atoms with Gasteiger partial charge in [-0.05, 0) is 18.8 Å². The monoisotopic (exact) mass is 416 g/mol. The number of aliphatic imine (C=N–C) groups is 1. The second-order valence-corrected chi connectivity index (χ2v) is 7.88. The number of rotatable bonds is 4. The summed E-state index contributed by atoms with van der Waals surface area (Å²) in [5.41, 5.74) is 2.00. The number of likely N-dealkylation sites (N-methyl/N-ethyl adjacent to an activating group) is 2. The SMILES string of the molecule is Cc1noc(C)c1CN1CCN(C(=O)C[N+]2=CN=C3C2C(=O)N(C)C(=O)N3C)CC1. The molecule has 0 aliphatic carbocycles. The maximum Gasteiger partial charge on any atom is 0.333 e. The predicted molar refractivity (Wildman–Crippen MR) is 106 cm³/mol. The molecule has 0 N–H and O–H groups in total. The van der Waals surface area contributed by atoms with Crippen molar-refractivity contribution in [2.24, 2.45) is 4.99 Å². The van der Waals surface area contributed by atoms with E-state index in [0.29, 0.717) is 18.9 Å². The van der Waals surface area contributed by atoms with Gasteiger partial charge < -0.3 is 9.42 Å². The first-order chi connectivity index (χ1) is 14.3. The summed E-state index contributed by atoms with van der Waals surface area (Å²) in [6.07, 6.45) is 1.48. The Morgan fingerprint density at radius 2 is 1.87 bits per heavy atom. The molecule has 3 aliphatic heterocycles. The number of urea groups is 1. The molecule has 11 nitrogen and oxygen atoms in total. The van der Waals surface area contributed by atoms with E-state index in [2.05, 4.69) is 15.0 Å². The molecule has 1 atom stereocenters. The van der Waals surface area contributed by atoms with E-state index in [1.54, 1.807) is 11.6 Å². The van der Waals surface area contributed by atoms with Crippen molar-refractivity contribution < 1.29 is 23.5 Å². The maximum absolute atomic E-state index is 12.9. The van der Waals surface area contributed by atoms with Crippen LogP contribution in [0.3, 0.4) is 0 Å². The second kappa shape index (κ2) is 7.63. The van der Waals surface area contributed by atoms with Crippen LogP contribution >= 0.6 is 0 Å². The zero-order valence-corrected chi connectivity index (χ0v) is 17.7. The minimum absolute atomic E-state index is 0.0448. The molecule has 0 bridgehead atoms. The van der Waals surface area contributed by atoms with Crippen LogP contribution in [0.25, 0.3) is 0 Å². The Balaban J connectivity index is 1.34. The van der Waals surface area contributed by atoms with Gasteiger partial charge in [0.2, 0.25) is 0 Å². The number of carbonyl (C=O) groups excluding carboxylic acids is 3. The summed E-state index contributed by atoms with van der Waals surface area (Å²) in [6.45, 7) is 7.37. The molecule has 4 amide bonds. The van der Waals surface area contributed by atoms with Crippen LogP contribution in [-0.4, -0.2) is 112 Å². The quantitative estimate of drug-likeness (QED) is 0.600. The third-order valence-corrected chi connectivity index (χ3v) is 6.00. The Morgan fingerprint density at radius 3 is 2.50 bits per heavy atom. The summed E-state index contributed by atoms with van der Waals surface area (Å²) < 4.78 is 6.83. The van der Waals surface area contributed by atoms with Gasteiger partial charge >= 0.3 is 6.03 Å². The smallest absolute Gasteiger partial charge is 0.333 e. The molecule has 4 heterocycles. The van der Waals surface area contributed by atoms with Gasteiger partial charge in [-0.1, -0.05) is 5.16 Å². The molecular formula is C19H26N7O4+. The van der Waals surface area contributed by atoms with Crippen molar-refractivity contribution in [1.82, 2.24) is 24.8 Å². The van der Waals surface area contributed by atoms with E-state index in [4.69, 9.17) is 4.52 Å². The largest absolute Gasteiger partial charge is 0.361 e. The van der Waals surface area contributed by atoms with Crippen LogP contribution in [-0.2, 0) is 16.1 Å². The van der Waals surface area contributed by atoms with E-state index in [1.165, 1.54) is 18.3 Å². The molecule has 1 aromatic rings. The first kappa shape index (κ1) is 20.2. The first-order valence-electron chi connectivity index (χ1n) is 9.92. The highest BCUT2D eigenvalue weighted by molar-refractivity contribution is 6.21. The normalized spacial score (nSPS) is 22.4. The van der Waals surface area contributed by atoms with Crippen molar-refractivity contribution in [3.05, 3.63) is 17.0 Å². The minimum atomic E-state index is -0.734. The Bertz CT molecular complexity index is 939. The predicted octanol–water partition coefficient (Wildman–Crippen LogP) is -0.719. The molecule has 3 aliphatic rings. The summed E-state index contributed by atoms with van der Waals surface area (Å²) in [4.78, 5) is 48.2. The molecule has 1 aromatic heterocycles. The van der Waals surface area contributed by atoms with Gasteiger partial charge in [-0.3, -0.25) is 24.3 Å². The van der Waals surface area contributed by atoms with Crippen LogP contribution in [0.1, 0.15) is 17.0 Å². The second-order valence-electron chi connectivity index (χ2n) is 7.88. The fraction of sp³-hybridized carbons (Fsp3) is 0.579. The highest BCUT2D eigenvalue weighted by atomic mass is 16.5. The molecule has 4 rings (SSSR count). The fourth-order valence-electron chi connectivity index (χ4n) is 4.04. The minimum Gasteiger partial charge on any atom is -0.361 e. The fourth-order valence-corrected chi connectivity index (χ4v) is 4.04. The standard InChI is InChI=1S/C19H26N7O4/c1-12-14(13(2)30-21-12)9-24-5-7-25(8-6-24)15(27)10-26-11-20-17-16(26)18(28)23(4)19(29)22(17)3/h11,16H,5-10H2,1-4H3/q+1. The Kier molecular flexibility index (Phi) is 5.14. The Labute approximate surface area is 174 Å². The van der Waals surface area contributed by atoms with Gasteiger partial charge in [-0.2, -0.15) is 0 Å². The van der Waals surface area contributed by atoms with Crippen molar-refractivity contribution in [2.75, 3.05) is 46.8 Å². The maximum atomic E-state index is 12.9. The molecule has 0 saturated carbocycles. The van der Waals surface area contributed by atoms with Crippen LogP contribution in [0.15, 0.2) is 9.52 Å². The van der Waals surface area contributed by atoms with E-state index in [0.717, 1.165) is 41.6 Å². The third kappa shape index (κ3) is 3.38.